The number of rotatable bonds is 4. The third-order valence-corrected chi connectivity index (χ3v) is 5.54. The molecule has 2 N–H and O–H groups in total. The van der Waals surface area contributed by atoms with E-state index in [0.29, 0.717) is 5.69 Å². The second-order valence-corrected chi connectivity index (χ2v) is 7.86. The van der Waals surface area contributed by atoms with Crippen molar-refractivity contribution in [3.63, 3.8) is 0 Å². The van der Waals surface area contributed by atoms with Gasteiger partial charge in [0.1, 0.15) is 5.69 Å². The number of aryl methyl sites for hydroxylation is 3. The third-order valence-electron chi connectivity index (χ3n) is 5.35. The zero-order valence-electron chi connectivity index (χ0n) is 18.2. The average molecular weight is 422 g/mol. The van der Waals surface area contributed by atoms with Crippen LogP contribution in [0.5, 0.6) is 0 Å². The largest absolute Gasteiger partial charge is 0.325 e. The lowest BCUT2D eigenvalue weighted by Crippen LogP contribution is -2.28. The number of aromatic nitrogens is 2. The van der Waals surface area contributed by atoms with Crippen molar-refractivity contribution in [2.75, 3.05) is 5.32 Å². The van der Waals surface area contributed by atoms with E-state index in [1.54, 1.807) is 9.36 Å². The Morgan fingerprint density at radius 2 is 1.63 bits per heavy atom. The van der Waals surface area contributed by atoms with E-state index in [9.17, 15) is 4.79 Å². The lowest BCUT2D eigenvalue weighted by atomic mass is 9.98. The van der Waals surface area contributed by atoms with Crippen LogP contribution in [0.3, 0.4) is 0 Å². The molecule has 0 aliphatic carbocycles. The zero-order valence-corrected chi connectivity index (χ0v) is 19.0. The molecule has 0 spiro atoms. The monoisotopic (exact) mass is 421 g/mol. The Balaban J connectivity index is 1.81. The van der Waals surface area contributed by atoms with Gasteiger partial charge in [-0.05, 0) is 81.7 Å². The number of thiocarbonyl (C=S) groups is 1. The van der Waals surface area contributed by atoms with E-state index >= 15 is 0 Å². The number of nitrogens with zero attached hydrogens (tertiary/aromatic N) is 3. The van der Waals surface area contributed by atoms with Crippen LogP contribution in [0.15, 0.2) is 52.4 Å². The summed E-state index contributed by atoms with van der Waals surface area (Å²) in [6, 6.07) is 13.8. The van der Waals surface area contributed by atoms with E-state index in [-0.39, 0.29) is 10.7 Å². The molecule has 0 atom stereocenters. The van der Waals surface area contributed by atoms with E-state index in [2.05, 4.69) is 48.7 Å². The molecule has 0 aliphatic rings. The van der Waals surface area contributed by atoms with Crippen molar-refractivity contribution in [3.05, 3.63) is 80.8 Å². The molecule has 30 heavy (non-hydrogen) atoms. The highest BCUT2D eigenvalue weighted by Crippen LogP contribution is 2.16. The second-order valence-electron chi connectivity index (χ2n) is 7.45. The summed E-state index contributed by atoms with van der Waals surface area (Å²) in [4.78, 5) is 13.0. The highest BCUT2D eigenvalue weighted by molar-refractivity contribution is 7.80. The maximum absolute atomic E-state index is 13.0. The number of hydrogen-bond acceptors (Lipinski definition) is 3. The SMILES string of the molecule is C/C(=N/NC(=S)Nc1c(C)n(C)n(-c2ccccc2)c1=O)c1cc(C)c(C)cc1C. The van der Waals surface area contributed by atoms with Crippen molar-refractivity contribution >= 4 is 28.7 Å². The first-order valence-corrected chi connectivity index (χ1v) is 10.1. The highest BCUT2D eigenvalue weighted by atomic mass is 32.1. The molecule has 7 heteroatoms. The summed E-state index contributed by atoms with van der Waals surface area (Å²) in [6.45, 7) is 10.1. The third kappa shape index (κ3) is 4.21. The van der Waals surface area contributed by atoms with Crippen molar-refractivity contribution in [2.24, 2.45) is 12.1 Å². The summed E-state index contributed by atoms with van der Waals surface area (Å²) in [5.74, 6) is 0. The molecule has 0 radical (unpaired) electrons. The van der Waals surface area contributed by atoms with Crippen LogP contribution in [0.1, 0.15) is 34.9 Å². The fourth-order valence-electron chi connectivity index (χ4n) is 3.40. The lowest BCUT2D eigenvalue weighted by Gasteiger charge is -2.11. The number of anilines is 1. The predicted octanol–water partition coefficient (Wildman–Crippen LogP) is 4.12. The molecule has 3 rings (SSSR count). The van der Waals surface area contributed by atoms with Crippen LogP contribution in [0.2, 0.25) is 0 Å². The second kappa shape index (κ2) is 8.67. The summed E-state index contributed by atoms with van der Waals surface area (Å²) in [6.07, 6.45) is 0. The quantitative estimate of drug-likeness (QED) is 0.378. The Morgan fingerprint density at radius 1 is 1.00 bits per heavy atom. The van der Waals surface area contributed by atoms with Gasteiger partial charge in [0.15, 0.2) is 5.11 Å². The lowest BCUT2D eigenvalue weighted by molar-refractivity contribution is 0.630. The summed E-state index contributed by atoms with van der Waals surface area (Å²) in [5.41, 5.74) is 10.2. The minimum absolute atomic E-state index is 0.170. The van der Waals surface area contributed by atoms with Crippen LogP contribution in [-0.2, 0) is 7.05 Å². The average Bonchev–Trinajstić information content (AvgIpc) is 2.92. The van der Waals surface area contributed by atoms with E-state index in [4.69, 9.17) is 12.2 Å². The molecule has 0 saturated heterocycles. The minimum Gasteiger partial charge on any atom is -0.325 e. The van der Waals surface area contributed by atoms with Gasteiger partial charge >= 0.3 is 0 Å². The molecule has 6 nitrogen and oxygen atoms in total. The van der Waals surface area contributed by atoms with Crippen LogP contribution < -0.4 is 16.3 Å². The molecule has 0 amide bonds. The van der Waals surface area contributed by atoms with Gasteiger partial charge in [-0.15, -0.1) is 0 Å². The number of nitrogens with one attached hydrogen (secondary N) is 2. The number of para-hydroxylation sites is 1. The molecule has 3 aromatic rings. The Labute approximate surface area is 182 Å². The van der Waals surface area contributed by atoms with E-state index in [1.165, 1.54) is 11.1 Å². The first kappa shape index (κ1) is 21.5. The van der Waals surface area contributed by atoms with Crippen LogP contribution in [0.25, 0.3) is 5.69 Å². The molecular formula is C23H27N5OS. The van der Waals surface area contributed by atoms with Gasteiger partial charge in [0.05, 0.1) is 17.1 Å². The van der Waals surface area contributed by atoms with Gasteiger partial charge in [0.2, 0.25) is 0 Å². The van der Waals surface area contributed by atoms with Gasteiger partial charge in [0, 0.05) is 12.6 Å². The Morgan fingerprint density at radius 3 is 2.30 bits per heavy atom. The molecule has 0 fully saturated rings. The normalized spacial score (nSPS) is 11.5. The smallest absolute Gasteiger partial charge is 0.295 e. The molecular weight excluding hydrogens is 394 g/mol. The molecule has 1 heterocycles. The fourth-order valence-corrected chi connectivity index (χ4v) is 3.55. The van der Waals surface area contributed by atoms with Crippen molar-refractivity contribution in [2.45, 2.75) is 34.6 Å². The first-order valence-electron chi connectivity index (χ1n) is 9.74. The summed E-state index contributed by atoms with van der Waals surface area (Å²) < 4.78 is 3.41. The predicted molar refractivity (Wildman–Crippen MR) is 128 cm³/mol. The molecule has 0 unspecified atom stereocenters. The van der Waals surface area contributed by atoms with Crippen LogP contribution in [0, 0.1) is 27.7 Å². The summed E-state index contributed by atoms with van der Waals surface area (Å²) in [7, 11) is 1.84. The number of benzene rings is 2. The zero-order chi connectivity index (χ0) is 22.0. The van der Waals surface area contributed by atoms with Gasteiger partial charge in [-0.25, -0.2) is 4.68 Å². The van der Waals surface area contributed by atoms with Crippen LogP contribution >= 0.6 is 12.2 Å². The standard InChI is InChI=1S/C23H27N5OS/c1-14-12-16(3)20(13-15(14)2)17(4)25-26-23(30)24-21-18(5)27(6)28(22(21)29)19-10-8-7-9-11-19/h7-13H,1-6H3,(H2,24,26,30)/b25-17-. The molecule has 0 aliphatic heterocycles. The van der Waals surface area contributed by atoms with E-state index in [1.807, 2.05) is 51.2 Å². The van der Waals surface area contributed by atoms with Gasteiger partial charge in [0.25, 0.3) is 5.56 Å². The molecule has 0 bridgehead atoms. The maximum atomic E-state index is 13.0. The fraction of sp³-hybridized carbons (Fsp3) is 0.261. The van der Waals surface area contributed by atoms with Crippen molar-refractivity contribution in [3.8, 4) is 5.69 Å². The topological polar surface area (TPSA) is 63.4 Å². The minimum atomic E-state index is -0.170. The maximum Gasteiger partial charge on any atom is 0.295 e. The van der Waals surface area contributed by atoms with Gasteiger partial charge < -0.3 is 5.32 Å². The first-order chi connectivity index (χ1) is 14.2. The van der Waals surface area contributed by atoms with Crippen molar-refractivity contribution in [1.29, 1.82) is 0 Å². The van der Waals surface area contributed by atoms with Gasteiger partial charge in [-0.2, -0.15) is 5.10 Å². The van der Waals surface area contributed by atoms with Crippen molar-refractivity contribution < 1.29 is 0 Å². The van der Waals surface area contributed by atoms with Gasteiger partial charge in [-0.3, -0.25) is 14.9 Å². The molecule has 0 saturated carbocycles. The van der Waals surface area contributed by atoms with E-state index in [0.717, 1.165) is 28.2 Å². The van der Waals surface area contributed by atoms with Crippen molar-refractivity contribution in [1.82, 2.24) is 14.8 Å². The highest BCUT2D eigenvalue weighted by Gasteiger charge is 2.17. The Hall–Kier alpha value is -3.19. The van der Waals surface area contributed by atoms with E-state index < -0.39 is 0 Å². The summed E-state index contributed by atoms with van der Waals surface area (Å²) >= 11 is 5.39. The molecule has 1 aromatic heterocycles. The number of hydrazone groups is 1. The molecule has 156 valence electrons. The molecule has 2 aromatic carbocycles. The van der Waals surface area contributed by atoms with Gasteiger partial charge in [-0.1, -0.05) is 24.3 Å². The van der Waals surface area contributed by atoms with Crippen LogP contribution in [-0.4, -0.2) is 20.2 Å². The Bertz CT molecular complexity index is 1190. The van der Waals surface area contributed by atoms with Crippen LogP contribution in [0.4, 0.5) is 5.69 Å². The Kier molecular flexibility index (Phi) is 6.22. The number of hydrogen-bond donors (Lipinski definition) is 2. The summed E-state index contributed by atoms with van der Waals surface area (Å²) in [5, 5.41) is 7.69.